The van der Waals surface area contributed by atoms with Gasteiger partial charge in [0.05, 0.1) is 42.5 Å². The van der Waals surface area contributed by atoms with E-state index in [0.717, 1.165) is 0 Å². The zero-order valence-corrected chi connectivity index (χ0v) is 10.3. The molecule has 1 saturated heterocycles. The molecule has 19 heavy (non-hydrogen) atoms. The predicted molar refractivity (Wildman–Crippen MR) is 67.9 cm³/mol. The van der Waals surface area contributed by atoms with E-state index in [-0.39, 0.29) is 18.6 Å². The van der Waals surface area contributed by atoms with Crippen molar-refractivity contribution < 1.29 is 20.1 Å². The van der Waals surface area contributed by atoms with Crippen molar-refractivity contribution in [1.82, 2.24) is 5.32 Å². The molecule has 0 aromatic carbocycles. The SMILES string of the molecule is OCC1OC(C2C=NC3=C2N=CNC[C@H]3O)CC1O. The second kappa shape index (κ2) is 5.01. The number of hydrogen-bond acceptors (Lipinski definition) is 7. The normalized spacial score (nSPS) is 41.3. The fourth-order valence-electron chi connectivity index (χ4n) is 2.68. The molecule has 0 saturated carbocycles. The fourth-order valence-corrected chi connectivity index (χ4v) is 2.68. The van der Waals surface area contributed by atoms with Gasteiger partial charge in [-0.15, -0.1) is 0 Å². The lowest BCUT2D eigenvalue weighted by Crippen LogP contribution is -2.26. The lowest BCUT2D eigenvalue weighted by molar-refractivity contribution is -0.0267. The molecule has 7 heteroatoms. The molecule has 3 heterocycles. The molecule has 104 valence electrons. The van der Waals surface area contributed by atoms with Crippen LogP contribution in [-0.4, -0.2) is 65.4 Å². The van der Waals surface area contributed by atoms with Crippen molar-refractivity contribution in [2.24, 2.45) is 15.9 Å². The Labute approximate surface area is 110 Å². The molecule has 3 aliphatic heterocycles. The van der Waals surface area contributed by atoms with E-state index in [2.05, 4.69) is 15.3 Å². The number of nitrogens with zero attached hydrogens (tertiary/aromatic N) is 2. The first-order valence-electron chi connectivity index (χ1n) is 6.37. The zero-order chi connectivity index (χ0) is 13.4. The van der Waals surface area contributed by atoms with Crippen molar-refractivity contribution in [3.05, 3.63) is 11.4 Å². The highest BCUT2D eigenvalue weighted by atomic mass is 16.5. The molecule has 0 bridgehead atoms. The van der Waals surface area contributed by atoms with Crippen LogP contribution in [0.4, 0.5) is 0 Å². The van der Waals surface area contributed by atoms with E-state index in [1.165, 1.54) is 0 Å². The van der Waals surface area contributed by atoms with Crippen LogP contribution >= 0.6 is 0 Å². The first-order chi connectivity index (χ1) is 9.20. The highest BCUT2D eigenvalue weighted by molar-refractivity contribution is 5.74. The Morgan fingerprint density at radius 2 is 2.16 bits per heavy atom. The van der Waals surface area contributed by atoms with Crippen molar-refractivity contribution in [3.8, 4) is 0 Å². The van der Waals surface area contributed by atoms with Crippen molar-refractivity contribution in [2.45, 2.75) is 30.8 Å². The van der Waals surface area contributed by atoms with Crippen LogP contribution in [0.25, 0.3) is 0 Å². The lowest BCUT2D eigenvalue weighted by Gasteiger charge is -2.17. The van der Waals surface area contributed by atoms with Crippen LogP contribution < -0.4 is 5.32 Å². The molecule has 4 unspecified atom stereocenters. The minimum Gasteiger partial charge on any atom is -0.394 e. The topological polar surface area (TPSA) is 107 Å². The second-order valence-corrected chi connectivity index (χ2v) is 4.96. The van der Waals surface area contributed by atoms with Crippen LogP contribution in [0.5, 0.6) is 0 Å². The summed E-state index contributed by atoms with van der Waals surface area (Å²) >= 11 is 0. The minimum absolute atomic E-state index is 0.188. The number of ether oxygens (including phenoxy) is 1. The van der Waals surface area contributed by atoms with Crippen LogP contribution in [-0.2, 0) is 4.74 Å². The molecule has 0 amide bonds. The second-order valence-electron chi connectivity index (χ2n) is 4.96. The highest BCUT2D eigenvalue weighted by Crippen LogP contribution is 2.35. The Kier molecular flexibility index (Phi) is 3.36. The van der Waals surface area contributed by atoms with Gasteiger partial charge in [0.1, 0.15) is 12.2 Å². The lowest BCUT2D eigenvalue weighted by atomic mass is 9.96. The Balaban J connectivity index is 1.81. The number of aliphatic hydroxyl groups is 3. The van der Waals surface area contributed by atoms with Gasteiger partial charge in [0.15, 0.2) is 0 Å². The Hall–Kier alpha value is -1.28. The number of β-amino-alcohol motifs (C(OH)–C–C–N with tert-alkyl or cyclic N) is 1. The van der Waals surface area contributed by atoms with Gasteiger partial charge in [-0.25, -0.2) is 4.99 Å². The molecule has 7 nitrogen and oxygen atoms in total. The molecular weight excluding hydrogens is 250 g/mol. The molecule has 0 aromatic rings. The third-order valence-corrected chi connectivity index (χ3v) is 3.71. The van der Waals surface area contributed by atoms with Gasteiger partial charge in [-0.1, -0.05) is 0 Å². The van der Waals surface area contributed by atoms with E-state index in [1.54, 1.807) is 12.6 Å². The van der Waals surface area contributed by atoms with E-state index < -0.39 is 18.3 Å². The smallest absolute Gasteiger partial charge is 0.115 e. The molecule has 0 radical (unpaired) electrons. The molecule has 0 aliphatic carbocycles. The van der Waals surface area contributed by atoms with Crippen LogP contribution in [0.15, 0.2) is 21.4 Å². The van der Waals surface area contributed by atoms with Crippen molar-refractivity contribution >= 4 is 12.6 Å². The molecule has 3 aliphatic rings. The van der Waals surface area contributed by atoms with Crippen molar-refractivity contribution in [2.75, 3.05) is 13.2 Å². The fraction of sp³-hybridized carbons (Fsp3) is 0.667. The Morgan fingerprint density at radius 3 is 2.89 bits per heavy atom. The number of hydrogen-bond donors (Lipinski definition) is 4. The molecule has 5 atom stereocenters. The van der Waals surface area contributed by atoms with E-state index in [1.807, 2.05) is 0 Å². The van der Waals surface area contributed by atoms with Gasteiger partial charge in [-0.3, -0.25) is 4.99 Å². The van der Waals surface area contributed by atoms with E-state index in [4.69, 9.17) is 9.84 Å². The summed E-state index contributed by atoms with van der Waals surface area (Å²) in [7, 11) is 0. The zero-order valence-electron chi connectivity index (χ0n) is 10.3. The largest absolute Gasteiger partial charge is 0.394 e. The number of nitrogens with one attached hydrogen (secondary N) is 1. The van der Waals surface area contributed by atoms with Crippen LogP contribution in [0.3, 0.4) is 0 Å². The summed E-state index contributed by atoms with van der Waals surface area (Å²) in [5.74, 6) is -0.188. The quantitative estimate of drug-likeness (QED) is 0.482. The van der Waals surface area contributed by atoms with Gasteiger partial charge in [0.25, 0.3) is 0 Å². The van der Waals surface area contributed by atoms with E-state index in [0.29, 0.717) is 24.4 Å². The predicted octanol–water partition coefficient (Wildman–Crippen LogP) is -1.60. The first kappa shape index (κ1) is 12.7. The van der Waals surface area contributed by atoms with Gasteiger partial charge in [-0.05, 0) is 0 Å². The number of aliphatic hydroxyl groups excluding tert-OH is 3. The van der Waals surface area contributed by atoms with Crippen molar-refractivity contribution in [1.29, 1.82) is 0 Å². The minimum atomic E-state index is -0.696. The molecule has 0 spiro atoms. The molecule has 3 rings (SSSR count). The monoisotopic (exact) mass is 267 g/mol. The average molecular weight is 267 g/mol. The number of rotatable bonds is 2. The summed E-state index contributed by atoms with van der Waals surface area (Å²) in [6.07, 6.45) is 1.48. The third-order valence-electron chi connectivity index (χ3n) is 3.71. The molecule has 1 fully saturated rings. The molecule has 0 aromatic heterocycles. The van der Waals surface area contributed by atoms with Crippen LogP contribution in [0.2, 0.25) is 0 Å². The average Bonchev–Trinajstić information content (AvgIpc) is 2.93. The standard InChI is InChI=1S/C12H17N3O4/c16-4-10-7(17)1-9(19-10)6-2-14-12-8(18)3-13-5-15-11(6)12/h2,5-10,16-18H,1,3-4H2,(H,13,15)/t6?,7?,8-,9?,10?/m1/s1. The van der Waals surface area contributed by atoms with Crippen molar-refractivity contribution in [3.63, 3.8) is 0 Å². The Bertz CT molecular complexity index is 448. The van der Waals surface area contributed by atoms with E-state index >= 15 is 0 Å². The summed E-state index contributed by atoms with van der Waals surface area (Å²) in [6, 6.07) is 0. The molecule has 4 N–H and O–H groups in total. The van der Waals surface area contributed by atoms with Crippen LogP contribution in [0.1, 0.15) is 6.42 Å². The Morgan fingerprint density at radius 1 is 1.32 bits per heavy atom. The highest BCUT2D eigenvalue weighted by Gasteiger charge is 2.41. The summed E-state index contributed by atoms with van der Waals surface area (Å²) in [4.78, 5) is 8.50. The van der Waals surface area contributed by atoms with Crippen LogP contribution in [0, 0.1) is 5.92 Å². The number of aliphatic imine (C=N–C) groups is 2. The molecular formula is C12H17N3O4. The van der Waals surface area contributed by atoms with E-state index in [9.17, 15) is 10.2 Å². The maximum atomic E-state index is 9.93. The maximum absolute atomic E-state index is 9.93. The summed E-state index contributed by atoms with van der Waals surface area (Å²) in [6.45, 7) is 0.167. The van der Waals surface area contributed by atoms with Gasteiger partial charge in [0.2, 0.25) is 0 Å². The summed E-state index contributed by atoms with van der Waals surface area (Å²) in [5, 5.41) is 31.7. The van der Waals surface area contributed by atoms with Gasteiger partial charge in [-0.2, -0.15) is 0 Å². The third kappa shape index (κ3) is 2.18. The van der Waals surface area contributed by atoms with Gasteiger partial charge >= 0.3 is 0 Å². The maximum Gasteiger partial charge on any atom is 0.115 e. The first-order valence-corrected chi connectivity index (χ1v) is 6.37. The summed E-state index contributed by atoms with van der Waals surface area (Å²) in [5.41, 5.74) is 1.23. The van der Waals surface area contributed by atoms with Gasteiger partial charge in [0, 0.05) is 19.2 Å². The van der Waals surface area contributed by atoms with Gasteiger partial charge < -0.3 is 25.4 Å². The summed E-state index contributed by atoms with van der Waals surface area (Å²) < 4.78 is 5.63.